The molecule has 5 nitrogen and oxygen atoms in total. The van der Waals surface area contributed by atoms with Gasteiger partial charge in [0.05, 0.1) is 16.0 Å². The maximum Gasteiger partial charge on any atom is 0.416 e. The van der Waals surface area contributed by atoms with Gasteiger partial charge < -0.3 is 0 Å². The van der Waals surface area contributed by atoms with E-state index in [0.29, 0.717) is 38.2 Å². The predicted molar refractivity (Wildman–Crippen MR) is 127 cm³/mol. The van der Waals surface area contributed by atoms with E-state index in [4.69, 9.17) is 0 Å². The van der Waals surface area contributed by atoms with Crippen LogP contribution >= 0.6 is 11.3 Å². The number of aromatic nitrogens is 2. The Kier molecular flexibility index (Phi) is 5.45. The van der Waals surface area contributed by atoms with E-state index < -0.39 is 21.8 Å². The van der Waals surface area contributed by atoms with Gasteiger partial charge in [0.1, 0.15) is 5.01 Å². The maximum atomic E-state index is 13.5. The molecule has 5 aromatic rings. The van der Waals surface area contributed by atoms with E-state index in [1.807, 2.05) is 0 Å². The number of fused-ring (bicyclic) bond motifs is 1. The van der Waals surface area contributed by atoms with Crippen LogP contribution in [0.4, 0.5) is 13.2 Å². The van der Waals surface area contributed by atoms with Crippen LogP contribution in [0.1, 0.15) is 11.1 Å². The summed E-state index contributed by atoms with van der Waals surface area (Å²) in [7, 11) is -4.04. The molecule has 0 unspecified atom stereocenters. The van der Waals surface area contributed by atoms with Crippen LogP contribution in [0.5, 0.6) is 5.75 Å². The molecule has 0 saturated heterocycles. The molecule has 0 bridgehead atoms. The van der Waals surface area contributed by atoms with Crippen molar-refractivity contribution in [2.24, 2.45) is 0 Å². The topological polar surface area (TPSA) is 71.9 Å². The van der Waals surface area contributed by atoms with Gasteiger partial charge in [0.25, 0.3) is 10.0 Å². The molecule has 35 heavy (non-hydrogen) atoms. The standard InChI is InChI=1S/C25H16F3N2O3S2/c1-15-12-19(7-9-23(15)31)35(32,33)30-14-21(24-29-10-11-34-24)20-13-17(4-8-22(20)30)16-2-5-18(6-3-16)25(26,27)28/h2-14H,1H3. The molecule has 0 saturated carbocycles. The summed E-state index contributed by atoms with van der Waals surface area (Å²) in [5.74, 6) is -0.258. The first-order valence-electron chi connectivity index (χ1n) is 10.3. The van der Waals surface area contributed by atoms with E-state index in [0.717, 1.165) is 16.1 Å². The molecule has 0 fully saturated rings. The molecule has 3 aromatic carbocycles. The van der Waals surface area contributed by atoms with Gasteiger partial charge in [-0.1, -0.05) is 18.2 Å². The number of thiazole rings is 1. The summed E-state index contributed by atoms with van der Waals surface area (Å²) >= 11 is 1.34. The summed E-state index contributed by atoms with van der Waals surface area (Å²) in [6.07, 6.45) is -1.35. The largest absolute Gasteiger partial charge is 0.416 e. The van der Waals surface area contributed by atoms with Crippen molar-refractivity contribution in [3.05, 3.63) is 89.6 Å². The molecule has 0 aliphatic rings. The number of rotatable bonds is 4. The minimum Gasteiger partial charge on any atom is -0.290 e. The van der Waals surface area contributed by atoms with Gasteiger partial charge in [0.2, 0.25) is 0 Å². The third kappa shape index (κ3) is 4.08. The lowest BCUT2D eigenvalue weighted by atomic mass is 10.0. The Labute approximate surface area is 202 Å². The average molecular weight is 514 g/mol. The summed E-state index contributed by atoms with van der Waals surface area (Å²) in [6, 6.07) is 13.6. The Morgan fingerprint density at radius 2 is 1.66 bits per heavy atom. The number of halogens is 3. The Balaban J connectivity index is 1.69. The number of benzene rings is 3. The van der Waals surface area contributed by atoms with Crippen LogP contribution in [0, 0.1) is 6.92 Å². The summed E-state index contributed by atoms with van der Waals surface area (Å²) in [5, 5.41) is 14.7. The number of nitrogens with zero attached hydrogens (tertiary/aromatic N) is 2. The van der Waals surface area contributed by atoms with Crippen LogP contribution in [0.15, 0.2) is 83.3 Å². The van der Waals surface area contributed by atoms with Crippen LogP contribution in [-0.2, 0) is 21.3 Å². The fraction of sp³-hybridized carbons (Fsp3) is 0.0800. The Morgan fingerprint density at radius 1 is 0.943 bits per heavy atom. The fourth-order valence-electron chi connectivity index (χ4n) is 3.85. The normalized spacial score (nSPS) is 12.3. The van der Waals surface area contributed by atoms with Crippen LogP contribution in [0.3, 0.4) is 0 Å². The zero-order valence-electron chi connectivity index (χ0n) is 18.1. The van der Waals surface area contributed by atoms with Crippen LogP contribution in [0.2, 0.25) is 0 Å². The highest BCUT2D eigenvalue weighted by molar-refractivity contribution is 7.90. The third-order valence-electron chi connectivity index (χ3n) is 5.68. The van der Waals surface area contributed by atoms with E-state index in [2.05, 4.69) is 4.98 Å². The highest BCUT2D eigenvalue weighted by Crippen LogP contribution is 2.37. The zero-order valence-corrected chi connectivity index (χ0v) is 19.7. The van der Waals surface area contributed by atoms with E-state index >= 15 is 0 Å². The molecule has 2 heterocycles. The quantitative estimate of drug-likeness (QED) is 0.256. The first-order valence-corrected chi connectivity index (χ1v) is 12.6. The Bertz CT molecular complexity index is 1660. The lowest BCUT2D eigenvalue weighted by molar-refractivity contribution is -0.137. The molecule has 0 atom stereocenters. The van der Waals surface area contributed by atoms with Crippen LogP contribution in [-0.4, -0.2) is 17.4 Å². The van der Waals surface area contributed by atoms with E-state index in [-0.39, 0.29) is 10.6 Å². The SMILES string of the molecule is Cc1cc(S(=O)(=O)n2cc(-c3nccs3)c3cc(-c4ccc(C(F)(F)F)cc4)ccc32)ccc1[O]. The van der Waals surface area contributed by atoms with Crippen molar-refractivity contribution in [1.82, 2.24) is 8.96 Å². The molecule has 1 radical (unpaired) electrons. The number of hydrogen-bond acceptors (Lipinski definition) is 4. The summed E-state index contributed by atoms with van der Waals surface area (Å²) < 4.78 is 67.1. The molecule has 2 aromatic heterocycles. The molecule has 177 valence electrons. The molecule has 10 heteroatoms. The molecule has 0 aliphatic carbocycles. The highest BCUT2D eigenvalue weighted by atomic mass is 32.2. The second-order valence-electron chi connectivity index (χ2n) is 7.92. The monoisotopic (exact) mass is 513 g/mol. The van der Waals surface area contributed by atoms with E-state index in [1.165, 1.54) is 47.9 Å². The fourth-order valence-corrected chi connectivity index (χ4v) is 5.97. The van der Waals surface area contributed by atoms with Gasteiger partial charge in [-0.2, -0.15) is 13.2 Å². The smallest absolute Gasteiger partial charge is 0.290 e. The summed E-state index contributed by atoms with van der Waals surface area (Å²) in [4.78, 5) is 4.29. The van der Waals surface area contributed by atoms with Crippen molar-refractivity contribution in [1.29, 1.82) is 0 Å². The third-order valence-corrected chi connectivity index (χ3v) is 8.16. The van der Waals surface area contributed by atoms with Crippen molar-refractivity contribution in [3.63, 3.8) is 0 Å². The van der Waals surface area contributed by atoms with Gasteiger partial charge in [-0.05, 0) is 66.1 Å². The predicted octanol–water partition coefficient (Wildman–Crippen LogP) is 7.14. The molecule has 0 spiro atoms. The lowest BCUT2D eigenvalue weighted by Gasteiger charge is -2.10. The van der Waals surface area contributed by atoms with E-state index in [1.54, 1.807) is 36.7 Å². The van der Waals surface area contributed by atoms with Crippen molar-refractivity contribution in [2.45, 2.75) is 18.0 Å². The maximum absolute atomic E-state index is 13.5. The second-order valence-corrected chi connectivity index (χ2v) is 10.6. The van der Waals surface area contributed by atoms with Gasteiger partial charge in [-0.3, -0.25) is 5.11 Å². The molecule has 0 N–H and O–H groups in total. The molecule has 0 aliphatic heterocycles. The van der Waals surface area contributed by atoms with Gasteiger partial charge in [-0.15, -0.1) is 11.3 Å². The van der Waals surface area contributed by atoms with Crippen molar-refractivity contribution < 1.29 is 26.7 Å². The number of hydrogen-bond donors (Lipinski definition) is 0. The summed E-state index contributed by atoms with van der Waals surface area (Å²) in [6.45, 7) is 1.55. The van der Waals surface area contributed by atoms with Gasteiger partial charge in [0, 0.05) is 28.7 Å². The summed E-state index contributed by atoms with van der Waals surface area (Å²) in [5.41, 5.74) is 1.71. The number of alkyl halides is 3. The first kappa shape index (κ1) is 23.1. The van der Waals surface area contributed by atoms with Crippen molar-refractivity contribution >= 4 is 32.3 Å². The first-order chi connectivity index (χ1) is 16.6. The molecular weight excluding hydrogens is 497 g/mol. The lowest BCUT2D eigenvalue weighted by Crippen LogP contribution is -2.12. The van der Waals surface area contributed by atoms with Crippen molar-refractivity contribution in [2.75, 3.05) is 0 Å². The Morgan fingerprint density at radius 3 is 2.29 bits per heavy atom. The molecular formula is C25H16F3N2O3S2. The minimum absolute atomic E-state index is 0.0241. The minimum atomic E-state index is -4.44. The van der Waals surface area contributed by atoms with Crippen molar-refractivity contribution in [3.8, 4) is 27.4 Å². The number of aryl methyl sites for hydroxylation is 1. The zero-order chi connectivity index (χ0) is 25.0. The van der Waals surface area contributed by atoms with Gasteiger partial charge >= 0.3 is 6.18 Å². The van der Waals surface area contributed by atoms with Crippen LogP contribution < -0.4 is 0 Å². The highest BCUT2D eigenvalue weighted by Gasteiger charge is 2.30. The molecule has 5 rings (SSSR count). The van der Waals surface area contributed by atoms with Crippen LogP contribution in [0.25, 0.3) is 32.6 Å². The Hall–Kier alpha value is -3.63. The second kappa shape index (κ2) is 8.24. The average Bonchev–Trinajstić information content (AvgIpc) is 3.48. The van der Waals surface area contributed by atoms with E-state index in [9.17, 15) is 26.7 Å². The molecule has 0 amide bonds. The van der Waals surface area contributed by atoms with Gasteiger partial charge in [-0.25, -0.2) is 17.4 Å². The van der Waals surface area contributed by atoms with Gasteiger partial charge in [0.15, 0.2) is 5.75 Å².